The second-order valence-corrected chi connectivity index (χ2v) is 7.23. The van der Waals surface area contributed by atoms with Gasteiger partial charge < -0.3 is 0 Å². The van der Waals surface area contributed by atoms with Crippen LogP contribution in [-0.4, -0.2) is 30.4 Å². The molecular formula is C17H17BrFN5O2+. The second-order valence-electron chi connectivity index (χ2n) is 6.31. The fourth-order valence-electron chi connectivity index (χ4n) is 2.59. The molecule has 1 amide bonds. The van der Waals surface area contributed by atoms with Crippen LogP contribution >= 0.6 is 15.9 Å². The van der Waals surface area contributed by atoms with Crippen LogP contribution in [-0.2, 0) is 9.63 Å². The molecule has 135 valence electrons. The van der Waals surface area contributed by atoms with Crippen molar-refractivity contribution in [3.8, 4) is 0 Å². The van der Waals surface area contributed by atoms with Gasteiger partial charge in [-0.25, -0.2) is 14.9 Å². The number of hydrazine groups is 1. The Bertz CT molecular complexity index is 821. The predicted octanol–water partition coefficient (Wildman–Crippen LogP) is 2.55. The maximum Gasteiger partial charge on any atom is 0.298 e. The maximum atomic E-state index is 14.2. The highest BCUT2D eigenvalue weighted by molar-refractivity contribution is 9.10. The summed E-state index contributed by atoms with van der Waals surface area (Å²) in [6.45, 7) is 0.849. The summed E-state index contributed by atoms with van der Waals surface area (Å²) in [6, 6.07) is 4.69. The standard InChI is InChI=1S/C17H17BrFN5O2/c18-12-3-4-15(14(19)5-12)21-24-7-13-6-20-10-23(13)8-16(24)17(25)22-26-9-11-1-2-11/h3-6,8,10-11,21H,1-2,7,9H2,(H,22,25)/q+1. The molecule has 2 aliphatic heterocycles. The third-order valence-electron chi connectivity index (χ3n) is 4.22. The van der Waals surface area contributed by atoms with Crippen LogP contribution in [0.15, 0.2) is 51.5 Å². The number of hydrogen-bond donors (Lipinski definition) is 2. The molecule has 0 saturated heterocycles. The van der Waals surface area contributed by atoms with Crippen LogP contribution in [0.4, 0.5) is 10.1 Å². The number of carbonyl (C=O) groups excluding carboxylic acids is 1. The molecule has 1 aromatic rings. The van der Waals surface area contributed by atoms with Crippen LogP contribution < -0.4 is 15.8 Å². The summed E-state index contributed by atoms with van der Waals surface area (Å²) in [7, 11) is 0. The van der Waals surface area contributed by atoms with E-state index in [9.17, 15) is 9.18 Å². The van der Waals surface area contributed by atoms with Crippen LogP contribution in [0, 0.1) is 11.7 Å². The molecule has 1 saturated carbocycles. The van der Waals surface area contributed by atoms with Gasteiger partial charge in [-0.3, -0.25) is 20.1 Å². The SMILES string of the molecule is O=C(NOCC1CC1)C1=C[N+]2C=NC=C2CN1Nc1ccc(Br)cc1F. The van der Waals surface area contributed by atoms with E-state index in [0.29, 0.717) is 29.2 Å². The van der Waals surface area contributed by atoms with Crippen molar-refractivity contribution < 1.29 is 14.0 Å². The topological polar surface area (TPSA) is 71.9 Å². The third-order valence-corrected chi connectivity index (χ3v) is 4.71. The van der Waals surface area contributed by atoms with Gasteiger partial charge in [-0.2, -0.15) is 0 Å². The van der Waals surface area contributed by atoms with Gasteiger partial charge in [0.15, 0.2) is 11.9 Å². The molecule has 0 unspecified atom stereocenters. The van der Waals surface area contributed by atoms with Crippen molar-refractivity contribution in [3.63, 3.8) is 0 Å². The summed E-state index contributed by atoms with van der Waals surface area (Å²) < 4.78 is 14.8. The molecule has 7 nitrogen and oxygen atoms in total. The predicted molar refractivity (Wildman–Crippen MR) is 98.0 cm³/mol. The van der Waals surface area contributed by atoms with E-state index >= 15 is 0 Å². The number of carbonyl (C=O) groups is 1. The van der Waals surface area contributed by atoms with Crippen LogP contribution in [0.5, 0.6) is 0 Å². The van der Waals surface area contributed by atoms with Crippen molar-refractivity contribution in [2.24, 2.45) is 10.9 Å². The van der Waals surface area contributed by atoms with Gasteiger partial charge >= 0.3 is 0 Å². The minimum atomic E-state index is -0.428. The van der Waals surface area contributed by atoms with Crippen molar-refractivity contribution in [1.82, 2.24) is 15.4 Å². The lowest BCUT2D eigenvalue weighted by molar-refractivity contribution is -0.131. The average Bonchev–Trinajstić information content (AvgIpc) is 3.32. The first-order valence-electron chi connectivity index (χ1n) is 8.24. The number of aliphatic imine (C=N–C) groups is 1. The highest BCUT2D eigenvalue weighted by Crippen LogP contribution is 2.28. The number of nitrogens with zero attached hydrogens (tertiary/aromatic N) is 3. The van der Waals surface area contributed by atoms with Crippen molar-refractivity contribution in [3.05, 3.63) is 52.3 Å². The van der Waals surface area contributed by atoms with E-state index in [4.69, 9.17) is 4.84 Å². The fourth-order valence-corrected chi connectivity index (χ4v) is 2.92. The van der Waals surface area contributed by atoms with Gasteiger partial charge in [-0.15, -0.1) is 0 Å². The molecule has 9 heteroatoms. The van der Waals surface area contributed by atoms with Gasteiger partial charge in [0.2, 0.25) is 12.0 Å². The summed E-state index contributed by atoms with van der Waals surface area (Å²) in [5, 5.41) is 1.57. The monoisotopic (exact) mass is 421 g/mol. The smallest absolute Gasteiger partial charge is 0.295 e. The Kier molecular flexibility index (Phi) is 4.75. The van der Waals surface area contributed by atoms with E-state index in [2.05, 4.69) is 31.8 Å². The largest absolute Gasteiger partial charge is 0.298 e. The van der Waals surface area contributed by atoms with Crippen molar-refractivity contribution in [2.75, 3.05) is 18.6 Å². The summed E-state index contributed by atoms with van der Waals surface area (Å²) in [5.74, 6) is -0.305. The van der Waals surface area contributed by atoms with Gasteiger partial charge in [0, 0.05) is 4.47 Å². The Morgan fingerprint density at radius 2 is 2.31 bits per heavy atom. The first kappa shape index (κ1) is 17.2. The molecule has 0 spiro atoms. The van der Waals surface area contributed by atoms with Gasteiger partial charge in [-0.1, -0.05) is 20.8 Å². The van der Waals surface area contributed by atoms with E-state index in [1.165, 1.54) is 6.07 Å². The van der Waals surface area contributed by atoms with Crippen LogP contribution in [0.1, 0.15) is 12.8 Å². The van der Waals surface area contributed by atoms with Crippen molar-refractivity contribution in [1.29, 1.82) is 0 Å². The zero-order valence-corrected chi connectivity index (χ0v) is 15.4. The molecule has 2 N–H and O–H groups in total. The Hall–Kier alpha value is -2.23. The molecule has 2 heterocycles. The molecule has 0 bridgehead atoms. The first-order valence-corrected chi connectivity index (χ1v) is 9.03. The van der Waals surface area contributed by atoms with E-state index in [-0.39, 0.29) is 5.69 Å². The summed E-state index contributed by atoms with van der Waals surface area (Å²) >= 11 is 3.23. The molecule has 1 aliphatic carbocycles. The van der Waals surface area contributed by atoms with Crippen molar-refractivity contribution >= 4 is 33.9 Å². The highest BCUT2D eigenvalue weighted by Gasteiger charge is 2.36. The molecule has 0 aromatic heterocycles. The van der Waals surface area contributed by atoms with Crippen molar-refractivity contribution in [2.45, 2.75) is 12.8 Å². The average molecular weight is 422 g/mol. The number of hydrogen-bond acceptors (Lipinski definition) is 6. The zero-order chi connectivity index (χ0) is 18.1. The molecule has 1 fully saturated rings. The molecular weight excluding hydrogens is 405 g/mol. The van der Waals surface area contributed by atoms with Gasteiger partial charge in [0.05, 0.1) is 18.5 Å². The number of amides is 1. The number of rotatable bonds is 6. The lowest BCUT2D eigenvalue weighted by Gasteiger charge is -2.29. The first-order chi connectivity index (χ1) is 12.6. The number of halogens is 2. The number of anilines is 1. The molecule has 3 aliphatic rings. The lowest BCUT2D eigenvalue weighted by atomic mass is 10.2. The molecule has 26 heavy (non-hydrogen) atoms. The van der Waals surface area contributed by atoms with Gasteiger partial charge in [0.25, 0.3) is 5.91 Å². The number of nitrogens with one attached hydrogen (secondary N) is 2. The van der Waals surface area contributed by atoms with Crippen LogP contribution in [0.3, 0.4) is 0 Å². The van der Waals surface area contributed by atoms with Gasteiger partial charge in [0.1, 0.15) is 12.4 Å². The second kappa shape index (κ2) is 7.18. The Balaban J connectivity index is 1.51. The van der Waals surface area contributed by atoms with E-state index in [1.807, 2.05) is 0 Å². The third kappa shape index (κ3) is 3.79. The van der Waals surface area contributed by atoms with Crippen LogP contribution in [0.2, 0.25) is 0 Å². The summed E-state index contributed by atoms with van der Waals surface area (Å²) in [4.78, 5) is 23.7. The minimum absolute atomic E-state index is 0.263. The maximum absolute atomic E-state index is 14.2. The number of hydroxylamine groups is 1. The Morgan fingerprint density at radius 3 is 3.08 bits per heavy atom. The van der Waals surface area contributed by atoms with Gasteiger partial charge in [-0.05, 0) is 37.0 Å². The fraction of sp³-hybridized carbons (Fsp3) is 0.294. The highest BCUT2D eigenvalue weighted by atomic mass is 79.9. The summed E-state index contributed by atoms with van der Waals surface area (Å²) in [5.41, 5.74) is 6.85. The molecule has 1 radical (unpaired) electrons. The van der Waals surface area contributed by atoms with E-state index in [1.54, 1.807) is 40.8 Å². The molecule has 4 rings (SSSR count). The molecule has 0 atom stereocenters. The zero-order valence-electron chi connectivity index (χ0n) is 13.8. The lowest BCUT2D eigenvalue weighted by Crippen LogP contribution is -2.46. The minimum Gasteiger partial charge on any atom is -0.295 e. The number of benzene rings is 1. The Labute approximate surface area is 158 Å². The summed E-state index contributed by atoms with van der Waals surface area (Å²) in [6.07, 6.45) is 7.21. The van der Waals surface area contributed by atoms with Crippen LogP contribution in [0.25, 0.3) is 0 Å². The number of fused-ring (bicyclic) bond motifs is 1. The normalized spacial score (nSPS) is 19.1. The molecule has 1 aromatic carbocycles. The van der Waals surface area contributed by atoms with E-state index < -0.39 is 11.7 Å². The Morgan fingerprint density at radius 1 is 1.46 bits per heavy atom. The quantitative estimate of drug-likeness (QED) is 0.546. The van der Waals surface area contributed by atoms with E-state index in [0.717, 1.165) is 18.5 Å².